The normalized spacial score (nSPS) is 20.9. The molecule has 0 aromatic heterocycles. The smallest absolute Gasteiger partial charge is 0.410 e. The van der Waals surface area contributed by atoms with Gasteiger partial charge >= 0.3 is 6.09 Å². The topological polar surface area (TPSA) is 57.2 Å². The Bertz CT molecular complexity index is 414. The first-order chi connectivity index (χ1) is 9.90. The van der Waals surface area contributed by atoms with Gasteiger partial charge in [0.1, 0.15) is 5.60 Å². The average Bonchev–Trinajstić information content (AvgIpc) is 2.80. The Morgan fingerprint density at radius 3 is 2.82 bits per heavy atom. The Morgan fingerprint density at radius 2 is 2.18 bits per heavy atom. The van der Waals surface area contributed by atoms with Crippen LogP contribution in [0.3, 0.4) is 0 Å². The summed E-state index contributed by atoms with van der Waals surface area (Å²) < 4.78 is 5.44. The van der Waals surface area contributed by atoms with Gasteiger partial charge in [-0.1, -0.05) is 0 Å². The quantitative estimate of drug-likeness (QED) is 0.534. The van der Waals surface area contributed by atoms with Crippen molar-refractivity contribution in [2.75, 3.05) is 44.7 Å². The number of amides is 1. The van der Waals surface area contributed by atoms with Crippen LogP contribution in [-0.4, -0.2) is 78.2 Å². The molecule has 1 N–H and O–H groups in total. The third-order valence-corrected chi connectivity index (χ3v) is 4.06. The van der Waals surface area contributed by atoms with E-state index in [1.807, 2.05) is 32.5 Å². The monoisotopic (exact) mass is 442 g/mol. The summed E-state index contributed by atoms with van der Waals surface area (Å²) in [5.74, 6) is 2.06. The molecule has 0 radical (unpaired) electrons. The highest BCUT2D eigenvalue weighted by atomic mass is 127. The maximum atomic E-state index is 12.1. The summed E-state index contributed by atoms with van der Waals surface area (Å²) in [5.41, 5.74) is -0.440. The van der Waals surface area contributed by atoms with Crippen LogP contribution in [0.2, 0.25) is 0 Å². The van der Waals surface area contributed by atoms with Crippen LogP contribution in [0.4, 0.5) is 4.79 Å². The molecule has 2 aliphatic rings. The number of guanidine groups is 1. The fourth-order valence-electron chi connectivity index (χ4n) is 2.49. The van der Waals surface area contributed by atoms with Crippen molar-refractivity contribution in [3.8, 4) is 0 Å². The van der Waals surface area contributed by atoms with Gasteiger partial charge in [0.25, 0.3) is 0 Å². The largest absolute Gasteiger partial charge is 0.444 e. The van der Waals surface area contributed by atoms with Crippen molar-refractivity contribution in [2.24, 2.45) is 4.99 Å². The number of piperazine rings is 1. The fraction of sp³-hybridized carbons (Fsp3) is 0.857. The minimum absolute atomic E-state index is 0. The van der Waals surface area contributed by atoms with Crippen LogP contribution >= 0.6 is 35.7 Å². The number of hydrogen-bond donors (Lipinski definition) is 1. The van der Waals surface area contributed by atoms with Gasteiger partial charge in [0.05, 0.1) is 12.6 Å². The van der Waals surface area contributed by atoms with Gasteiger partial charge in [0, 0.05) is 31.9 Å². The van der Waals surface area contributed by atoms with Crippen LogP contribution in [0.5, 0.6) is 0 Å². The molecule has 0 aromatic rings. The molecule has 22 heavy (non-hydrogen) atoms. The Kier molecular flexibility index (Phi) is 7.57. The molecule has 8 heteroatoms. The maximum absolute atomic E-state index is 12.1. The van der Waals surface area contributed by atoms with E-state index in [1.165, 1.54) is 0 Å². The van der Waals surface area contributed by atoms with Crippen LogP contribution in [0.25, 0.3) is 0 Å². The van der Waals surface area contributed by atoms with E-state index in [9.17, 15) is 4.79 Å². The molecule has 1 unspecified atom stereocenters. The van der Waals surface area contributed by atoms with Gasteiger partial charge in [-0.15, -0.1) is 24.0 Å². The minimum Gasteiger partial charge on any atom is -0.444 e. The fourth-order valence-corrected chi connectivity index (χ4v) is 2.79. The van der Waals surface area contributed by atoms with Gasteiger partial charge in [-0.2, -0.15) is 11.8 Å². The summed E-state index contributed by atoms with van der Waals surface area (Å²) in [5, 5.41) is 3.38. The number of hydrogen-bond acceptors (Lipinski definition) is 6. The number of nitrogens with one attached hydrogen (secondary N) is 1. The van der Waals surface area contributed by atoms with Crippen molar-refractivity contribution >= 4 is 47.8 Å². The summed E-state index contributed by atoms with van der Waals surface area (Å²) in [4.78, 5) is 20.8. The second-order valence-corrected chi connectivity index (χ2v) is 7.34. The van der Waals surface area contributed by atoms with E-state index in [0.29, 0.717) is 13.1 Å². The highest BCUT2D eigenvalue weighted by Gasteiger charge is 2.36. The number of nitrogens with zero attached hydrogens (tertiary/aromatic N) is 3. The second-order valence-electron chi connectivity index (χ2n) is 6.36. The van der Waals surface area contributed by atoms with Crippen molar-refractivity contribution in [1.82, 2.24) is 15.1 Å². The molecule has 2 heterocycles. The Labute approximate surface area is 154 Å². The molecule has 128 valence electrons. The lowest BCUT2D eigenvalue weighted by molar-refractivity contribution is 0.0137. The second kappa shape index (κ2) is 8.47. The summed E-state index contributed by atoms with van der Waals surface area (Å²) >= 11 is 1.82. The van der Waals surface area contributed by atoms with E-state index >= 15 is 0 Å². The highest BCUT2D eigenvalue weighted by Crippen LogP contribution is 2.18. The van der Waals surface area contributed by atoms with Crippen molar-refractivity contribution in [3.05, 3.63) is 0 Å². The first-order valence-electron chi connectivity index (χ1n) is 7.42. The Morgan fingerprint density at radius 1 is 1.45 bits per heavy atom. The van der Waals surface area contributed by atoms with E-state index in [0.717, 1.165) is 31.3 Å². The zero-order valence-corrected chi connectivity index (χ0v) is 16.9. The SMILES string of the molecule is CSCCNC1=NCC2CN(C(=O)OC(C)(C)C)CCN12.I. The maximum Gasteiger partial charge on any atom is 0.410 e. The van der Waals surface area contributed by atoms with E-state index in [-0.39, 0.29) is 36.1 Å². The van der Waals surface area contributed by atoms with Gasteiger partial charge in [-0.3, -0.25) is 4.99 Å². The zero-order valence-electron chi connectivity index (χ0n) is 13.8. The van der Waals surface area contributed by atoms with Gasteiger partial charge in [-0.25, -0.2) is 4.79 Å². The standard InChI is InChI=1S/C14H26N4O2S.HI/c1-14(2,3)20-13(19)17-6-7-18-11(10-17)9-16-12(18)15-5-8-21-4;/h11H,5-10H2,1-4H3,(H,15,16);1H. The van der Waals surface area contributed by atoms with Crippen LogP contribution in [0.1, 0.15) is 20.8 Å². The lowest BCUT2D eigenvalue weighted by Crippen LogP contribution is -2.57. The molecule has 1 amide bonds. The molecule has 2 aliphatic heterocycles. The Hall–Kier alpha value is -0.380. The number of aliphatic imine (C=N–C) groups is 1. The van der Waals surface area contributed by atoms with Crippen LogP contribution in [-0.2, 0) is 4.74 Å². The van der Waals surface area contributed by atoms with E-state index in [1.54, 1.807) is 4.90 Å². The van der Waals surface area contributed by atoms with Crippen molar-refractivity contribution in [1.29, 1.82) is 0 Å². The van der Waals surface area contributed by atoms with E-state index in [2.05, 4.69) is 21.5 Å². The molecule has 0 aromatic carbocycles. The number of thioether (sulfide) groups is 1. The van der Waals surface area contributed by atoms with Crippen molar-refractivity contribution in [2.45, 2.75) is 32.4 Å². The lowest BCUT2D eigenvalue weighted by atomic mass is 10.2. The van der Waals surface area contributed by atoms with Gasteiger partial charge in [0.15, 0.2) is 5.96 Å². The number of carbonyl (C=O) groups excluding carboxylic acids is 1. The highest BCUT2D eigenvalue weighted by molar-refractivity contribution is 14.0. The van der Waals surface area contributed by atoms with Crippen LogP contribution < -0.4 is 5.32 Å². The van der Waals surface area contributed by atoms with Crippen molar-refractivity contribution < 1.29 is 9.53 Å². The Balaban J connectivity index is 0.00000242. The summed E-state index contributed by atoms with van der Waals surface area (Å²) in [6, 6.07) is 0.281. The summed E-state index contributed by atoms with van der Waals surface area (Å²) in [6.07, 6.45) is 1.88. The summed E-state index contributed by atoms with van der Waals surface area (Å²) in [7, 11) is 0. The molecule has 1 atom stereocenters. The number of rotatable bonds is 3. The van der Waals surface area contributed by atoms with Crippen molar-refractivity contribution in [3.63, 3.8) is 0 Å². The number of ether oxygens (including phenoxy) is 1. The molecule has 0 bridgehead atoms. The van der Waals surface area contributed by atoms with E-state index < -0.39 is 5.60 Å². The molecule has 0 aliphatic carbocycles. The molecule has 1 saturated heterocycles. The molecule has 0 spiro atoms. The molecular weight excluding hydrogens is 415 g/mol. The third-order valence-electron chi connectivity index (χ3n) is 3.45. The molecule has 2 rings (SSSR count). The summed E-state index contributed by atoms with van der Waals surface area (Å²) in [6.45, 7) is 9.56. The molecule has 1 fully saturated rings. The van der Waals surface area contributed by atoms with E-state index in [4.69, 9.17) is 4.74 Å². The van der Waals surface area contributed by atoms with Crippen LogP contribution in [0, 0.1) is 0 Å². The third kappa shape index (κ3) is 5.36. The zero-order chi connectivity index (χ0) is 15.5. The average molecular weight is 442 g/mol. The predicted octanol–water partition coefficient (Wildman–Crippen LogP) is 1.85. The predicted molar refractivity (Wildman–Crippen MR) is 102 cm³/mol. The van der Waals surface area contributed by atoms with Gasteiger partial charge in [-0.05, 0) is 27.0 Å². The van der Waals surface area contributed by atoms with Gasteiger partial charge in [0.2, 0.25) is 0 Å². The number of carbonyl (C=O) groups is 1. The number of fused-ring (bicyclic) bond motifs is 1. The first-order valence-corrected chi connectivity index (χ1v) is 8.82. The first kappa shape index (κ1) is 19.7. The minimum atomic E-state index is -0.440. The van der Waals surface area contributed by atoms with Gasteiger partial charge < -0.3 is 19.9 Å². The molecule has 0 saturated carbocycles. The molecular formula is C14H27IN4O2S. The number of halogens is 1. The lowest BCUT2D eigenvalue weighted by Gasteiger charge is -2.39. The molecule has 6 nitrogen and oxygen atoms in total. The van der Waals surface area contributed by atoms with Crippen LogP contribution in [0.15, 0.2) is 4.99 Å².